The highest BCUT2D eigenvalue weighted by atomic mass is 28.3. The van der Waals surface area contributed by atoms with Crippen LogP contribution in [0.25, 0.3) is 0 Å². The summed E-state index contributed by atoms with van der Waals surface area (Å²) >= 11 is 0. The Kier molecular flexibility index (Phi) is 2.92. The molecule has 0 amide bonds. The summed E-state index contributed by atoms with van der Waals surface area (Å²) in [4.78, 5) is 0. The second-order valence-electron chi connectivity index (χ2n) is 3.35. The lowest BCUT2D eigenvalue weighted by molar-refractivity contribution is 0.415. The number of ether oxygens (including phenoxy) is 1. The van der Waals surface area contributed by atoms with Crippen LogP contribution in [0.3, 0.4) is 0 Å². The number of methoxy groups -OCH3 is 1. The number of benzene rings is 1. The van der Waals surface area contributed by atoms with Gasteiger partial charge in [-0.1, -0.05) is 31.3 Å². The van der Waals surface area contributed by atoms with Gasteiger partial charge in [-0.3, -0.25) is 0 Å². The molecule has 0 heterocycles. The van der Waals surface area contributed by atoms with Gasteiger partial charge in [0.15, 0.2) is 0 Å². The van der Waals surface area contributed by atoms with Crippen LogP contribution in [0.15, 0.2) is 18.2 Å². The highest BCUT2D eigenvalue weighted by Gasteiger charge is 2.08. The molecule has 0 aliphatic heterocycles. The van der Waals surface area contributed by atoms with Crippen LogP contribution in [0.2, 0.25) is 13.1 Å². The molecule has 0 aromatic heterocycles. The summed E-state index contributed by atoms with van der Waals surface area (Å²) in [6, 6.07) is 6.39. The topological polar surface area (TPSA) is 9.23 Å². The van der Waals surface area contributed by atoms with E-state index in [1.807, 2.05) is 0 Å². The summed E-state index contributed by atoms with van der Waals surface area (Å²) in [5, 5.41) is 1.43. The predicted octanol–water partition coefficient (Wildman–Crippen LogP) is 1.70. The lowest BCUT2D eigenvalue weighted by Crippen LogP contribution is -2.24. The van der Waals surface area contributed by atoms with Crippen molar-refractivity contribution in [3.8, 4) is 5.75 Å². The SMILES string of the molecule is COc1c(C)cccc1[SiH](C)C. The highest BCUT2D eigenvalue weighted by Crippen LogP contribution is 2.14. The van der Waals surface area contributed by atoms with E-state index in [-0.39, 0.29) is 0 Å². The van der Waals surface area contributed by atoms with Gasteiger partial charge in [0.1, 0.15) is 5.75 Å². The quantitative estimate of drug-likeness (QED) is 0.629. The molecule has 0 atom stereocenters. The molecule has 0 bridgehead atoms. The summed E-state index contributed by atoms with van der Waals surface area (Å²) in [5.74, 6) is 1.10. The van der Waals surface area contributed by atoms with E-state index in [2.05, 4.69) is 38.2 Å². The van der Waals surface area contributed by atoms with Crippen LogP contribution < -0.4 is 9.92 Å². The normalized spacial score (nSPS) is 10.4. The smallest absolute Gasteiger partial charge is 0.120 e. The van der Waals surface area contributed by atoms with Crippen molar-refractivity contribution in [1.82, 2.24) is 0 Å². The van der Waals surface area contributed by atoms with Crippen molar-refractivity contribution in [2.45, 2.75) is 20.0 Å². The van der Waals surface area contributed by atoms with Crippen LogP contribution in [0.5, 0.6) is 5.75 Å². The van der Waals surface area contributed by atoms with E-state index < -0.39 is 8.80 Å². The number of para-hydroxylation sites is 1. The molecule has 0 saturated heterocycles. The maximum absolute atomic E-state index is 5.37. The zero-order valence-corrected chi connectivity index (χ0v) is 9.37. The van der Waals surface area contributed by atoms with Gasteiger partial charge in [-0.25, -0.2) is 0 Å². The molecule has 12 heavy (non-hydrogen) atoms. The summed E-state index contributed by atoms with van der Waals surface area (Å²) < 4.78 is 5.37. The number of rotatable bonds is 2. The van der Waals surface area contributed by atoms with E-state index in [4.69, 9.17) is 4.74 Å². The van der Waals surface area contributed by atoms with Crippen LogP contribution in [-0.4, -0.2) is 15.9 Å². The minimum Gasteiger partial charge on any atom is -0.497 e. The number of hydrogen-bond acceptors (Lipinski definition) is 1. The maximum atomic E-state index is 5.37. The van der Waals surface area contributed by atoms with E-state index in [1.54, 1.807) is 7.11 Å². The molecular weight excluding hydrogens is 164 g/mol. The van der Waals surface area contributed by atoms with Gasteiger partial charge in [-0.15, -0.1) is 0 Å². The van der Waals surface area contributed by atoms with E-state index in [0.29, 0.717) is 0 Å². The second-order valence-corrected chi connectivity index (χ2v) is 6.28. The third kappa shape index (κ3) is 1.69. The summed E-state index contributed by atoms with van der Waals surface area (Å²) in [6.45, 7) is 6.73. The largest absolute Gasteiger partial charge is 0.497 e. The van der Waals surface area contributed by atoms with Crippen LogP contribution in [-0.2, 0) is 0 Å². The molecule has 0 radical (unpaired) electrons. The van der Waals surface area contributed by atoms with Crippen molar-refractivity contribution in [3.63, 3.8) is 0 Å². The van der Waals surface area contributed by atoms with Gasteiger partial charge in [-0.2, -0.15) is 0 Å². The second kappa shape index (κ2) is 3.76. The van der Waals surface area contributed by atoms with E-state index >= 15 is 0 Å². The first-order valence-electron chi connectivity index (χ1n) is 4.30. The van der Waals surface area contributed by atoms with E-state index in [9.17, 15) is 0 Å². The Bertz CT molecular complexity index is 269. The molecule has 1 nitrogen and oxygen atoms in total. The van der Waals surface area contributed by atoms with Crippen molar-refractivity contribution in [2.24, 2.45) is 0 Å². The molecule has 0 aliphatic carbocycles. The Morgan fingerprint density at radius 3 is 2.33 bits per heavy atom. The Balaban J connectivity index is 3.18. The lowest BCUT2D eigenvalue weighted by Gasteiger charge is -2.12. The molecule has 66 valence electrons. The molecule has 1 aromatic rings. The van der Waals surface area contributed by atoms with Crippen LogP contribution >= 0.6 is 0 Å². The van der Waals surface area contributed by atoms with Crippen LogP contribution in [0.1, 0.15) is 5.56 Å². The molecule has 0 saturated carbocycles. The third-order valence-corrected chi connectivity index (χ3v) is 3.77. The molecule has 0 fully saturated rings. The molecule has 0 aliphatic rings. The molecule has 0 spiro atoms. The molecule has 2 heteroatoms. The molecule has 0 N–H and O–H groups in total. The van der Waals surface area contributed by atoms with Gasteiger partial charge in [0, 0.05) is 0 Å². The predicted molar refractivity (Wildman–Crippen MR) is 56.2 cm³/mol. The van der Waals surface area contributed by atoms with Gasteiger partial charge < -0.3 is 4.74 Å². The fourth-order valence-electron chi connectivity index (χ4n) is 1.41. The van der Waals surface area contributed by atoms with Crippen molar-refractivity contribution in [2.75, 3.05) is 7.11 Å². The summed E-state index contributed by atoms with van der Waals surface area (Å²) in [7, 11) is 1.01. The first-order chi connectivity index (χ1) is 5.66. The molecule has 0 unspecified atom stereocenters. The van der Waals surface area contributed by atoms with Crippen molar-refractivity contribution < 1.29 is 4.74 Å². The Morgan fingerprint density at radius 1 is 1.25 bits per heavy atom. The van der Waals surface area contributed by atoms with Gasteiger partial charge in [0.25, 0.3) is 0 Å². The van der Waals surface area contributed by atoms with Gasteiger partial charge in [0.2, 0.25) is 0 Å². The average Bonchev–Trinajstić information content (AvgIpc) is 2.03. The highest BCUT2D eigenvalue weighted by molar-refractivity contribution is 6.71. The average molecular weight is 180 g/mol. The summed E-state index contributed by atoms with van der Waals surface area (Å²) in [5.41, 5.74) is 1.25. The fraction of sp³-hybridized carbons (Fsp3) is 0.400. The van der Waals surface area contributed by atoms with E-state index in [1.165, 1.54) is 10.8 Å². The Labute approximate surface area is 76.0 Å². The van der Waals surface area contributed by atoms with Crippen molar-refractivity contribution >= 4 is 14.0 Å². The zero-order valence-electron chi connectivity index (χ0n) is 8.22. The first kappa shape index (κ1) is 9.33. The minimum atomic E-state index is -0.739. The maximum Gasteiger partial charge on any atom is 0.120 e. The minimum absolute atomic E-state index is 0.739. The Hall–Kier alpha value is -0.763. The van der Waals surface area contributed by atoms with Crippen LogP contribution in [0.4, 0.5) is 0 Å². The molecule has 1 rings (SSSR count). The van der Waals surface area contributed by atoms with Gasteiger partial charge in [0.05, 0.1) is 15.9 Å². The summed E-state index contributed by atoms with van der Waals surface area (Å²) in [6.07, 6.45) is 0. The van der Waals surface area contributed by atoms with Crippen molar-refractivity contribution in [3.05, 3.63) is 23.8 Å². The lowest BCUT2D eigenvalue weighted by atomic mass is 10.2. The third-order valence-electron chi connectivity index (χ3n) is 2.07. The fourth-order valence-corrected chi connectivity index (χ4v) is 2.77. The monoisotopic (exact) mass is 180 g/mol. The standard InChI is InChI=1S/C10H16OSi/c1-8-6-5-7-9(12(3)4)10(8)11-2/h5-7,12H,1-4H3. The van der Waals surface area contributed by atoms with Gasteiger partial charge in [-0.05, 0) is 17.7 Å². The Morgan fingerprint density at radius 2 is 1.92 bits per heavy atom. The number of hydrogen-bond donors (Lipinski definition) is 0. The zero-order chi connectivity index (χ0) is 9.14. The van der Waals surface area contributed by atoms with Crippen LogP contribution in [0, 0.1) is 6.92 Å². The molecular formula is C10H16OSi. The number of aryl methyl sites for hydroxylation is 1. The van der Waals surface area contributed by atoms with Crippen molar-refractivity contribution in [1.29, 1.82) is 0 Å². The molecule has 1 aromatic carbocycles. The van der Waals surface area contributed by atoms with E-state index in [0.717, 1.165) is 5.75 Å². The van der Waals surface area contributed by atoms with Gasteiger partial charge >= 0.3 is 0 Å². The first-order valence-corrected chi connectivity index (χ1v) is 7.19.